The Morgan fingerprint density at radius 1 is 1.13 bits per heavy atom. The topological polar surface area (TPSA) is 79.0 Å². The van der Waals surface area contributed by atoms with Crippen molar-refractivity contribution in [2.24, 2.45) is 5.92 Å². The molecule has 7 nitrogen and oxygen atoms in total. The van der Waals surface area contributed by atoms with Crippen LogP contribution in [0.25, 0.3) is 0 Å². The summed E-state index contributed by atoms with van der Waals surface area (Å²) in [6.45, 7) is 5.13. The minimum atomic E-state index is -3.54. The van der Waals surface area contributed by atoms with Crippen LogP contribution in [0.4, 0.5) is 0 Å². The third-order valence-corrected chi connectivity index (χ3v) is 8.31. The number of piperidine rings is 1. The van der Waals surface area contributed by atoms with Gasteiger partial charge in [-0.25, -0.2) is 0 Å². The molecule has 31 heavy (non-hydrogen) atoms. The number of carbonyl (C=O) groups is 1. The molecule has 0 unspecified atom stereocenters. The molecule has 0 radical (unpaired) electrons. The first-order valence-electron chi connectivity index (χ1n) is 11.5. The van der Waals surface area contributed by atoms with E-state index in [0.29, 0.717) is 25.9 Å². The number of nitrogens with one attached hydrogen (secondary N) is 1. The quantitative estimate of drug-likeness (QED) is 0.658. The summed E-state index contributed by atoms with van der Waals surface area (Å²) in [6, 6.07) is 7.76. The zero-order valence-corrected chi connectivity index (χ0v) is 19.9. The molecule has 1 amide bonds. The molecular weight excluding hydrogens is 414 g/mol. The fourth-order valence-electron chi connectivity index (χ4n) is 4.47. The van der Waals surface area contributed by atoms with E-state index in [-0.39, 0.29) is 30.5 Å². The fourth-order valence-corrected chi connectivity index (χ4v) is 6.15. The van der Waals surface area contributed by atoms with Crippen LogP contribution in [0.15, 0.2) is 24.3 Å². The van der Waals surface area contributed by atoms with Crippen LogP contribution < -0.4 is 10.1 Å². The van der Waals surface area contributed by atoms with Crippen molar-refractivity contribution in [3.8, 4) is 5.75 Å². The van der Waals surface area contributed by atoms with Crippen molar-refractivity contribution in [1.82, 2.24) is 13.9 Å². The summed E-state index contributed by atoms with van der Waals surface area (Å²) in [5.74, 6) is 0.412. The van der Waals surface area contributed by atoms with E-state index in [9.17, 15) is 13.2 Å². The van der Waals surface area contributed by atoms with Crippen LogP contribution in [-0.4, -0.2) is 55.2 Å². The maximum atomic E-state index is 13.1. The van der Waals surface area contributed by atoms with Crippen molar-refractivity contribution in [1.29, 1.82) is 0 Å². The Kier molecular flexibility index (Phi) is 8.36. The lowest BCUT2D eigenvalue weighted by Gasteiger charge is -2.37. The van der Waals surface area contributed by atoms with Gasteiger partial charge in [0.15, 0.2) is 0 Å². The number of amides is 1. The van der Waals surface area contributed by atoms with Gasteiger partial charge in [0, 0.05) is 32.7 Å². The molecule has 1 aromatic carbocycles. The highest BCUT2D eigenvalue weighted by atomic mass is 32.2. The average molecular weight is 452 g/mol. The highest BCUT2D eigenvalue weighted by Gasteiger charge is 2.37. The van der Waals surface area contributed by atoms with Gasteiger partial charge in [-0.3, -0.25) is 4.79 Å². The number of nitrogens with zero attached hydrogens (tertiary/aromatic N) is 2. The molecule has 0 bridgehead atoms. The standard InChI is InChI=1S/C23H37N3O4S/c1-18(2)30-22-13-11-19(12-14-22)16-24-23(27)20-8-7-15-26(17-20)31(28,29)25(3)21-9-5-4-6-10-21/h11-14,18,20-21H,4-10,15-17H2,1-3H3,(H,24,27)/t20-/m1/s1. The van der Waals surface area contributed by atoms with E-state index in [0.717, 1.165) is 37.0 Å². The smallest absolute Gasteiger partial charge is 0.281 e. The summed E-state index contributed by atoms with van der Waals surface area (Å²) in [7, 11) is -1.84. The first kappa shape index (κ1) is 24.0. The van der Waals surface area contributed by atoms with Gasteiger partial charge in [0.2, 0.25) is 5.91 Å². The van der Waals surface area contributed by atoms with Crippen LogP contribution in [-0.2, 0) is 21.5 Å². The van der Waals surface area contributed by atoms with E-state index in [1.165, 1.54) is 10.7 Å². The molecule has 1 atom stereocenters. The molecule has 1 aliphatic carbocycles. The van der Waals surface area contributed by atoms with Gasteiger partial charge in [-0.1, -0.05) is 31.4 Å². The van der Waals surface area contributed by atoms with Crippen LogP contribution in [0.1, 0.15) is 64.4 Å². The lowest BCUT2D eigenvalue weighted by Crippen LogP contribution is -2.52. The van der Waals surface area contributed by atoms with Gasteiger partial charge >= 0.3 is 0 Å². The molecule has 1 saturated heterocycles. The Morgan fingerprint density at radius 2 is 1.81 bits per heavy atom. The third-order valence-electron chi connectivity index (χ3n) is 6.30. The maximum Gasteiger partial charge on any atom is 0.281 e. The third kappa shape index (κ3) is 6.43. The van der Waals surface area contributed by atoms with Crippen LogP contribution in [0.5, 0.6) is 5.75 Å². The van der Waals surface area contributed by atoms with Gasteiger partial charge in [0.05, 0.1) is 12.0 Å². The first-order chi connectivity index (χ1) is 14.8. The van der Waals surface area contributed by atoms with Crippen LogP contribution in [0.3, 0.4) is 0 Å². The largest absolute Gasteiger partial charge is 0.491 e. The molecule has 1 heterocycles. The van der Waals surface area contributed by atoms with Gasteiger partial charge in [-0.05, 0) is 57.2 Å². The molecule has 0 spiro atoms. The van der Waals surface area contributed by atoms with Gasteiger partial charge in [-0.2, -0.15) is 17.0 Å². The van der Waals surface area contributed by atoms with Crippen LogP contribution in [0.2, 0.25) is 0 Å². The monoisotopic (exact) mass is 451 g/mol. The summed E-state index contributed by atoms with van der Waals surface area (Å²) in [6.07, 6.45) is 6.74. The van der Waals surface area contributed by atoms with E-state index in [4.69, 9.17) is 4.74 Å². The molecule has 1 aromatic rings. The minimum absolute atomic E-state index is 0.0793. The molecule has 2 fully saturated rings. The van der Waals surface area contributed by atoms with E-state index < -0.39 is 10.2 Å². The predicted molar refractivity (Wildman–Crippen MR) is 122 cm³/mol. The van der Waals surface area contributed by atoms with Crippen molar-refractivity contribution < 1.29 is 17.9 Å². The van der Waals surface area contributed by atoms with Crippen molar-refractivity contribution >= 4 is 16.1 Å². The number of rotatable bonds is 8. The summed E-state index contributed by atoms with van der Waals surface area (Å²) >= 11 is 0. The Labute approximate surface area is 187 Å². The second kappa shape index (κ2) is 10.8. The lowest BCUT2D eigenvalue weighted by molar-refractivity contribution is -0.126. The Hall–Kier alpha value is -1.64. The zero-order chi connectivity index (χ0) is 22.4. The van der Waals surface area contributed by atoms with E-state index in [2.05, 4.69) is 5.32 Å². The van der Waals surface area contributed by atoms with Crippen molar-refractivity contribution in [3.05, 3.63) is 29.8 Å². The molecule has 1 saturated carbocycles. The van der Waals surface area contributed by atoms with Crippen molar-refractivity contribution in [2.75, 3.05) is 20.1 Å². The summed E-state index contributed by atoms with van der Waals surface area (Å²) in [5.41, 5.74) is 0.988. The van der Waals surface area contributed by atoms with E-state index in [1.54, 1.807) is 11.4 Å². The Bertz CT molecular complexity index is 820. The molecular formula is C23H37N3O4S. The van der Waals surface area contributed by atoms with E-state index >= 15 is 0 Å². The van der Waals surface area contributed by atoms with Gasteiger partial charge in [0.25, 0.3) is 10.2 Å². The van der Waals surface area contributed by atoms with Crippen molar-refractivity contribution in [2.45, 2.75) is 77.5 Å². The number of ether oxygens (including phenoxy) is 1. The number of hydrogen-bond acceptors (Lipinski definition) is 4. The van der Waals surface area contributed by atoms with Crippen molar-refractivity contribution in [3.63, 3.8) is 0 Å². The Balaban J connectivity index is 1.53. The summed E-state index contributed by atoms with van der Waals surface area (Å²) in [5, 5.41) is 2.98. The summed E-state index contributed by atoms with van der Waals surface area (Å²) < 4.78 is 35.0. The van der Waals surface area contributed by atoms with Crippen LogP contribution in [0, 0.1) is 5.92 Å². The van der Waals surface area contributed by atoms with Crippen LogP contribution >= 0.6 is 0 Å². The first-order valence-corrected chi connectivity index (χ1v) is 12.9. The Morgan fingerprint density at radius 3 is 2.45 bits per heavy atom. The molecule has 2 aliphatic rings. The molecule has 1 aliphatic heterocycles. The van der Waals surface area contributed by atoms with Gasteiger partial charge in [-0.15, -0.1) is 0 Å². The van der Waals surface area contributed by atoms with Gasteiger partial charge < -0.3 is 10.1 Å². The minimum Gasteiger partial charge on any atom is -0.491 e. The predicted octanol–water partition coefficient (Wildman–Crippen LogP) is 3.31. The zero-order valence-electron chi connectivity index (χ0n) is 19.0. The molecule has 8 heteroatoms. The maximum absolute atomic E-state index is 13.1. The number of hydrogen-bond donors (Lipinski definition) is 1. The normalized spacial score (nSPS) is 21.4. The molecule has 3 rings (SSSR count). The fraction of sp³-hybridized carbons (Fsp3) is 0.696. The highest BCUT2D eigenvalue weighted by Crippen LogP contribution is 2.27. The molecule has 174 valence electrons. The molecule has 0 aromatic heterocycles. The van der Waals surface area contributed by atoms with Gasteiger partial charge in [0.1, 0.15) is 5.75 Å². The average Bonchev–Trinajstić information content (AvgIpc) is 2.78. The summed E-state index contributed by atoms with van der Waals surface area (Å²) in [4.78, 5) is 12.8. The highest BCUT2D eigenvalue weighted by molar-refractivity contribution is 7.86. The number of benzene rings is 1. The second-order valence-corrected chi connectivity index (χ2v) is 11.0. The SMILES string of the molecule is CC(C)Oc1ccc(CNC(=O)[C@@H]2CCCN(S(=O)(=O)N(C)C3CCCCC3)C2)cc1. The lowest BCUT2D eigenvalue weighted by atomic mass is 9.96. The van der Waals surface area contributed by atoms with E-state index in [1.807, 2.05) is 38.1 Å². The second-order valence-electron chi connectivity index (χ2n) is 9.04. The molecule has 1 N–H and O–H groups in total. The number of carbonyl (C=O) groups excluding carboxylic acids is 1.